The lowest BCUT2D eigenvalue weighted by molar-refractivity contribution is 0.0632. The van der Waals surface area contributed by atoms with Gasteiger partial charge in [-0.05, 0) is 32.9 Å². The summed E-state index contributed by atoms with van der Waals surface area (Å²) in [5, 5.41) is 11.1. The van der Waals surface area contributed by atoms with Crippen molar-refractivity contribution in [3.05, 3.63) is 23.5 Å². The van der Waals surface area contributed by atoms with Gasteiger partial charge < -0.3 is 14.6 Å². The minimum absolute atomic E-state index is 0.112. The Morgan fingerprint density at radius 2 is 1.90 bits per heavy atom. The van der Waals surface area contributed by atoms with Crippen LogP contribution in [-0.4, -0.2) is 29.9 Å². The van der Waals surface area contributed by atoms with E-state index in [1.807, 2.05) is 0 Å². The van der Waals surface area contributed by atoms with Crippen LogP contribution < -0.4 is 10.1 Å². The molecule has 2 N–H and O–H groups in total. The molecule has 1 rings (SSSR count). The van der Waals surface area contributed by atoms with Crippen molar-refractivity contribution in [1.29, 1.82) is 0 Å². The van der Waals surface area contributed by atoms with Crippen LogP contribution in [0.5, 0.6) is 5.75 Å². The molecule has 0 aliphatic rings. The highest BCUT2D eigenvalue weighted by molar-refractivity contribution is 5.93. The van der Waals surface area contributed by atoms with Gasteiger partial charge in [-0.3, -0.25) is 5.32 Å². The molecule has 0 spiro atoms. The molecule has 6 nitrogen and oxygen atoms in total. The van der Waals surface area contributed by atoms with E-state index >= 15 is 0 Å². The van der Waals surface area contributed by atoms with Crippen LogP contribution in [0.3, 0.4) is 0 Å². The Morgan fingerprint density at radius 3 is 2.35 bits per heavy atom. The van der Waals surface area contributed by atoms with Gasteiger partial charge in [-0.15, -0.1) is 0 Å². The Bertz CT molecular complexity index is 536. The third-order valence-electron chi connectivity index (χ3n) is 2.13. The van der Waals surface area contributed by atoms with Crippen molar-refractivity contribution in [3.8, 4) is 5.75 Å². The predicted octanol–water partition coefficient (Wildman–Crippen LogP) is 2.88. The number of carboxylic acid groups (broad SMARTS) is 1. The zero-order valence-corrected chi connectivity index (χ0v) is 11.6. The van der Waals surface area contributed by atoms with E-state index in [4.69, 9.17) is 14.6 Å². The highest BCUT2D eigenvalue weighted by Crippen LogP contribution is 2.30. The summed E-state index contributed by atoms with van der Waals surface area (Å²) >= 11 is 0. The number of hydrogen-bond donors (Lipinski definition) is 2. The molecule has 1 aromatic carbocycles. The minimum atomic E-state index is -1.32. The first kappa shape index (κ1) is 15.7. The standard InChI is InChI=1S/C13H16FNO5/c1-13(2,3)20-12(18)15-9-6-7(11(16)17)5-8(14)10(9)19-4/h5-6H,1-4H3,(H,15,18)(H,16,17). The lowest BCUT2D eigenvalue weighted by atomic mass is 10.1. The SMILES string of the molecule is COc1c(F)cc(C(=O)O)cc1NC(=O)OC(C)(C)C. The Balaban J connectivity index is 3.09. The second kappa shape index (κ2) is 5.77. The van der Waals surface area contributed by atoms with Crippen LogP contribution in [-0.2, 0) is 4.74 Å². The van der Waals surface area contributed by atoms with Crippen molar-refractivity contribution in [2.45, 2.75) is 26.4 Å². The highest BCUT2D eigenvalue weighted by atomic mass is 19.1. The lowest BCUT2D eigenvalue weighted by Crippen LogP contribution is -2.27. The quantitative estimate of drug-likeness (QED) is 0.892. The first-order valence-corrected chi connectivity index (χ1v) is 5.75. The number of amides is 1. The second-order valence-electron chi connectivity index (χ2n) is 4.97. The van der Waals surface area contributed by atoms with Gasteiger partial charge in [0.25, 0.3) is 0 Å². The van der Waals surface area contributed by atoms with Gasteiger partial charge in [0.05, 0.1) is 18.4 Å². The molecule has 0 saturated heterocycles. The van der Waals surface area contributed by atoms with Gasteiger partial charge in [-0.2, -0.15) is 0 Å². The number of hydrogen-bond acceptors (Lipinski definition) is 4. The van der Waals surface area contributed by atoms with Gasteiger partial charge in [0.15, 0.2) is 11.6 Å². The normalized spacial score (nSPS) is 10.8. The number of carbonyl (C=O) groups is 2. The maximum atomic E-state index is 13.7. The summed E-state index contributed by atoms with van der Waals surface area (Å²) in [5.74, 6) is -2.47. The number of benzene rings is 1. The zero-order chi connectivity index (χ0) is 15.5. The third-order valence-corrected chi connectivity index (χ3v) is 2.13. The molecule has 20 heavy (non-hydrogen) atoms. The van der Waals surface area contributed by atoms with Crippen LogP contribution >= 0.6 is 0 Å². The summed E-state index contributed by atoms with van der Waals surface area (Å²) in [4.78, 5) is 22.5. The first-order chi connectivity index (χ1) is 9.14. The van der Waals surface area contributed by atoms with Crippen molar-refractivity contribution < 1.29 is 28.6 Å². The number of halogens is 1. The average molecular weight is 285 g/mol. The molecule has 0 bridgehead atoms. The van der Waals surface area contributed by atoms with E-state index in [9.17, 15) is 14.0 Å². The first-order valence-electron chi connectivity index (χ1n) is 5.75. The van der Waals surface area contributed by atoms with E-state index in [1.54, 1.807) is 20.8 Å². The zero-order valence-electron chi connectivity index (χ0n) is 11.6. The van der Waals surface area contributed by atoms with Crippen molar-refractivity contribution in [1.82, 2.24) is 0 Å². The maximum absolute atomic E-state index is 13.7. The van der Waals surface area contributed by atoms with Gasteiger partial charge in [-0.1, -0.05) is 0 Å². The topological polar surface area (TPSA) is 84.9 Å². The molecule has 0 aromatic heterocycles. The fourth-order valence-electron chi connectivity index (χ4n) is 1.43. The van der Waals surface area contributed by atoms with E-state index in [0.29, 0.717) is 0 Å². The van der Waals surface area contributed by atoms with Gasteiger partial charge in [0.2, 0.25) is 0 Å². The summed E-state index contributed by atoms with van der Waals surface area (Å²) < 4.78 is 23.5. The molecule has 0 atom stereocenters. The van der Waals surface area contributed by atoms with E-state index < -0.39 is 23.5 Å². The van der Waals surface area contributed by atoms with Crippen LogP contribution in [0.2, 0.25) is 0 Å². The minimum Gasteiger partial charge on any atom is -0.492 e. The number of anilines is 1. The molecular formula is C13H16FNO5. The number of methoxy groups -OCH3 is 1. The molecule has 0 unspecified atom stereocenters. The molecule has 7 heteroatoms. The average Bonchev–Trinajstić information content (AvgIpc) is 2.25. The molecule has 0 aliphatic carbocycles. The fraction of sp³-hybridized carbons (Fsp3) is 0.385. The Hall–Kier alpha value is -2.31. The van der Waals surface area contributed by atoms with Crippen LogP contribution in [0.25, 0.3) is 0 Å². The molecule has 0 saturated carbocycles. The van der Waals surface area contributed by atoms with E-state index in [1.165, 1.54) is 7.11 Å². The van der Waals surface area contributed by atoms with E-state index in [-0.39, 0.29) is 17.0 Å². The molecule has 1 amide bonds. The third kappa shape index (κ3) is 4.11. The van der Waals surface area contributed by atoms with Crippen LogP contribution in [0.1, 0.15) is 31.1 Å². The van der Waals surface area contributed by atoms with Crippen LogP contribution in [0, 0.1) is 5.82 Å². The summed E-state index contributed by atoms with van der Waals surface area (Å²) in [6.45, 7) is 4.99. The van der Waals surface area contributed by atoms with Crippen molar-refractivity contribution >= 4 is 17.7 Å². The number of rotatable bonds is 3. The summed E-state index contributed by atoms with van der Waals surface area (Å²) in [7, 11) is 1.21. The van der Waals surface area contributed by atoms with Gasteiger partial charge >= 0.3 is 12.1 Å². The van der Waals surface area contributed by atoms with Crippen molar-refractivity contribution in [2.24, 2.45) is 0 Å². The largest absolute Gasteiger partial charge is 0.492 e. The van der Waals surface area contributed by atoms with Crippen LogP contribution in [0.4, 0.5) is 14.9 Å². The summed E-state index contributed by atoms with van der Waals surface area (Å²) in [6, 6.07) is 1.90. The lowest BCUT2D eigenvalue weighted by Gasteiger charge is -2.20. The van der Waals surface area contributed by atoms with Crippen molar-refractivity contribution in [2.75, 3.05) is 12.4 Å². The van der Waals surface area contributed by atoms with Crippen molar-refractivity contribution in [3.63, 3.8) is 0 Å². The van der Waals surface area contributed by atoms with E-state index in [2.05, 4.69) is 5.32 Å². The number of carbonyl (C=O) groups excluding carboxylic acids is 1. The predicted molar refractivity (Wildman–Crippen MR) is 69.8 cm³/mol. The number of ether oxygens (including phenoxy) is 2. The Labute approximate surface area is 115 Å². The summed E-state index contributed by atoms with van der Waals surface area (Å²) in [6.07, 6.45) is -0.835. The van der Waals surface area contributed by atoms with Crippen LogP contribution in [0.15, 0.2) is 12.1 Å². The molecule has 0 heterocycles. The van der Waals surface area contributed by atoms with Gasteiger partial charge in [-0.25, -0.2) is 14.0 Å². The molecule has 110 valence electrons. The number of aromatic carboxylic acids is 1. The molecule has 0 radical (unpaired) electrons. The maximum Gasteiger partial charge on any atom is 0.412 e. The second-order valence-corrected chi connectivity index (χ2v) is 4.97. The Kier molecular flexibility index (Phi) is 4.54. The summed E-state index contributed by atoms with van der Waals surface area (Å²) in [5.41, 5.74) is -1.16. The smallest absolute Gasteiger partial charge is 0.412 e. The molecular weight excluding hydrogens is 269 g/mol. The Morgan fingerprint density at radius 1 is 1.30 bits per heavy atom. The monoisotopic (exact) mass is 285 g/mol. The highest BCUT2D eigenvalue weighted by Gasteiger charge is 2.20. The number of carboxylic acids is 1. The van der Waals surface area contributed by atoms with Gasteiger partial charge in [0.1, 0.15) is 5.60 Å². The molecule has 0 aliphatic heterocycles. The van der Waals surface area contributed by atoms with E-state index in [0.717, 1.165) is 12.1 Å². The molecule has 1 aromatic rings. The molecule has 0 fully saturated rings. The number of nitrogens with one attached hydrogen (secondary N) is 1. The fourth-order valence-corrected chi connectivity index (χ4v) is 1.43. The van der Waals surface area contributed by atoms with Gasteiger partial charge in [0, 0.05) is 0 Å².